The maximum atomic E-state index is 11.6. The fourth-order valence-electron chi connectivity index (χ4n) is 1.30. The minimum atomic E-state index is -0.0808. The first kappa shape index (κ1) is 14.6. The van der Waals surface area contributed by atoms with E-state index in [2.05, 4.69) is 5.32 Å². The maximum Gasteiger partial charge on any atom is 0.225 e. The Balaban J connectivity index is 2.38. The van der Waals surface area contributed by atoms with Gasteiger partial charge >= 0.3 is 0 Å². The number of amides is 1. The fraction of sp³-hybridized carbons (Fsp3) is 0.385. The summed E-state index contributed by atoms with van der Waals surface area (Å²) in [5.74, 6) is 0.591. The van der Waals surface area contributed by atoms with E-state index in [-0.39, 0.29) is 17.8 Å². The molecule has 0 spiro atoms. The molecule has 0 aliphatic heterocycles. The van der Waals surface area contributed by atoms with Gasteiger partial charge in [-0.2, -0.15) is 17.0 Å². The lowest BCUT2D eigenvalue weighted by Gasteiger charge is -2.08. The second-order valence-corrected chi connectivity index (χ2v) is 5.40. The van der Waals surface area contributed by atoms with Gasteiger partial charge in [-0.1, -0.05) is 13.0 Å². The van der Waals surface area contributed by atoms with Crippen LogP contribution < -0.4 is 5.32 Å². The van der Waals surface area contributed by atoms with Crippen molar-refractivity contribution < 1.29 is 9.90 Å². The standard InChI is InChI=1S/C13H16N2O2S/c1-10(9-16)18-6-5-13(17)15-12-4-2-3-11(7-12)8-14/h2-4,7,10,16H,5-6,9H2,1H3,(H,15,17). The highest BCUT2D eigenvalue weighted by molar-refractivity contribution is 7.99. The number of carbonyl (C=O) groups is 1. The number of hydrogen-bond acceptors (Lipinski definition) is 4. The highest BCUT2D eigenvalue weighted by atomic mass is 32.2. The minimum Gasteiger partial charge on any atom is -0.395 e. The van der Waals surface area contributed by atoms with Gasteiger partial charge in [0.2, 0.25) is 5.91 Å². The van der Waals surface area contributed by atoms with Crippen molar-refractivity contribution in [1.82, 2.24) is 0 Å². The molecule has 96 valence electrons. The average molecular weight is 264 g/mol. The van der Waals surface area contributed by atoms with E-state index in [4.69, 9.17) is 10.4 Å². The van der Waals surface area contributed by atoms with Crippen LogP contribution in [0.25, 0.3) is 0 Å². The van der Waals surface area contributed by atoms with E-state index in [0.29, 0.717) is 23.4 Å². The first-order valence-corrected chi connectivity index (χ1v) is 6.73. The Morgan fingerprint density at radius 3 is 3.06 bits per heavy atom. The zero-order chi connectivity index (χ0) is 13.4. The Hall–Kier alpha value is -1.51. The van der Waals surface area contributed by atoms with E-state index < -0.39 is 0 Å². The highest BCUT2D eigenvalue weighted by Gasteiger charge is 2.05. The number of carbonyl (C=O) groups excluding carboxylic acids is 1. The lowest BCUT2D eigenvalue weighted by atomic mass is 10.2. The van der Waals surface area contributed by atoms with Crippen LogP contribution >= 0.6 is 11.8 Å². The number of aliphatic hydroxyl groups is 1. The normalized spacial score (nSPS) is 11.6. The molecule has 1 aromatic rings. The molecule has 1 aromatic carbocycles. The number of nitrogens with one attached hydrogen (secondary N) is 1. The molecule has 1 atom stereocenters. The van der Waals surface area contributed by atoms with E-state index in [1.165, 1.54) is 0 Å². The molecule has 0 saturated heterocycles. The van der Waals surface area contributed by atoms with Crippen LogP contribution in [0.5, 0.6) is 0 Å². The summed E-state index contributed by atoms with van der Waals surface area (Å²) in [5.41, 5.74) is 1.16. The van der Waals surface area contributed by atoms with E-state index in [1.54, 1.807) is 36.0 Å². The third-order valence-corrected chi connectivity index (χ3v) is 3.42. The van der Waals surface area contributed by atoms with Crippen molar-refractivity contribution >= 4 is 23.4 Å². The molecule has 5 heteroatoms. The number of benzene rings is 1. The van der Waals surface area contributed by atoms with Crippen LogP contribution in [0, 0.1) is 11.3 Å². The molecular formula is C13H16N2O2S. The summed E-state index contributed by atoms with van der Waals surface area (Å²) in [5, 5.41) is 20.5. The van der Waals surface area contributed by atoms with Crippen molar-refractivity contribution in [3.05, 3.63) is 29.8 Å². The Bertz CT molecular complexity index is 443. The third kappa shape index (κ3) is 5.21. The molecule has 0 bridgehead atoms. The Morgan fingerprint density at radius 2 is 2.39 bits per heavy atom. The molecule has 1 unspecified atom stereocenters. The van der Waals surface area contributed by atoms with Gasteiger partial charge in [-0.05, 0) is 18.2 Å². The van der Waals surface area contributed by atoms with Gasteiger partial charge in [-0.25, -0.2) is 0 Å². The monoisotopic (exact) mass is 264 g/mol. The summed E-state index contributed by atoms with van der Waals surface area (Å²) < 4.78 is 0. The summed E-state index contributed by atoms with van der Waals surface area (Å²) in [7, 11) is 0. The molecule has 0 radical (unpaired) electrons. The second kappa shape index (κ2) is 7.75. The lowest BCUT2D eigenvalue weighted by Crippen LogP contribution is -2.13. The van der Waals surface area contributed by atoms with Gasteiger partial charge in [0, 0.05) is 23.1 Å². The van der Waals surface area contributed by atoms with E-state index in [9.17, 15) is 4.79 Å². The van der Waals surface area contributed by atoms with Gasteiger partial charge in [0.05, 0.1) is 18.2 Å². The number of rotatable bonds is 6. The molecular weight excluding hydrogens is 248 g/mol. The van der Waals surface area contributed by atoms with Gasteiger partial charge in [-0.3, -0.25) is 4.79 Å². The van der Waals surface area contributed by atoms with Crippen molar-refractivity contribution in [3.63, 3.8) is 0 Å². The van der Waals surface area contributed by atoms with Crippen molar-refractivity contribution in [1.29, 1.82) is 5.26 Å². The maximum absolute atomic E-state index is 11.6. The summed E-state index contributed by atoms with van der Waals surface area (Å²) in [4.78, 5) is 11.6. The number of thioether (sulfide) groups is 1. The first-order chi connectivity index (χ1) is 8.65. The van der Waals surface area contributed by atoms with Crippen molar-refractivity contribution in [2.24, 2.45) is 0 Å². The van der Waals surface area contributed by atoms with Gasteiger partial charge in [0.15, 0.2) is 0 Å². The van der Waals surface area contributed by atoms with Crippen molar-refractivity contribution in [2.75, 3.05) is 17.7 Å². The number of nitriles is 1. The largest absolute Gasteiger partial charge is 0.395 e. The molecule has 1 rings (SSSR count). The van der Waals surface area contributed by atoms with Gasteiger partial charge in [0.1, 0.15) is 0 Å². The number of hydrogen-bond donors (Lipinski definition) is 2. The Kier molecular flexibility index (Phi) is 6.26. The van der Waals surface area contributed by atoms with Crippen LogP contribution in [0.4, 0.5) is 5.69 Å². The predicted molar refractivity (Wildman–Crippen MR) is 73.4 cm³/mol. The molecule has 4 nitrogen and oxygen atoms in total. The van der Waals surface area contributed by atoms with Crippen LogP contribution in [0.15, 0.2) is 24.3 Å². The number of nitrogens with zero attached hydrogens (tertiary/aromatic N) is 1. The van der Waals surface area contributed by atoms with E-state index in [0.717, 1.165) is 0 Å². The zero-order valence-electron chi connectivity index (χ0n) is 10.2. The van der Waals surface area contributed by atoms with Crippen LogP contribution in [0.2, 0.25) is 0 Å². The van der Waals surface area contributed by atoms with E-state index in [1.807, 2.05) is 13.0 Å². The Labute approximate surface area is 111 Å². The highest BCUT2D eigenvalue weighted by Crippen LogP contribution is 2.13. The molecule has 0 saturated carbocycles. The smallest absolute Gasteiger partial charge is 0.225 e. The van der Waals surface area contributed by atoms with Crippen LogP contribution in [-0.2, 0) is 4.79 Å². The first-order valence-electron chi connectivity index (χ1n) is 5.68. The molecule has 0 heterocycles. The van der Waals surface area contributed by atoms with Crippen LogP contribution in [0.3, 0.4) is 0 Å². The summed E-state index contributed by atoms with van der Waals surface area (Å²) in [6.07, 6.45) is 0.395. The summed E-state index contributed by atoms with van der Waals surface area (Å²) >= 11 is 1.56. The second-order valence-electron chi connectivity index (χ2n) is 3.85. The van der Waals surface area contributed by atoms with Crippen LogP contribution in [-0.4, -0.2) is 28.6 Å². The zero-order valence-corrected chi connectivity index (χ0v) is 11.0. The third-order valence-electron chi connectivity index (χ3n) is 2.26. The Morgan fingerprint density at radius 1 is 1.61 bits per heavy atom. The molecule has 0 aliphatic carbocycles. The summed E-state index contributed by atoms with van der Waals surface area (Å²) in [6, 6.07) is 8.84. The summed E-state index contributed by atoms with van der Waals surface area (Å²) in [6.45, 7) is 2.04. The molecule has 0 aromatic heterocycles. The van der Waals surface area contributed by atoms with Crippen molar-refractivity contribution in [2.45, 2.75) is 18.6 Å². The van der Waals surface area contributed by atoms with Gasteiger partial charge < -0.3 is 10.4 Å². The molecule has 0 fully saturated rings. The van der Waals surface area contributed by atoms with E-state index >= 15 is 0 Å². The average Bonchev–Trinajstić information content (AvgIpc) is 2.38. The number of aliphatic hydroxyl groups excluding tert-OH is 1. The topological polar surface area (TPSA) is 73.1 Å². The minimum absolute atomic E-state index is 0.0808. The number of anilines is 1. The molecule has 18 heavy (non-hydrogen) atoms. The predicted octanol–water partition coefficient (Wildman–Crippen LogP) is 2.00. The fourth-order valence-corrected chi connectivity index (χ4v) is 2.11. The van der Waals surface area contributed by atoms with Crippen LogP contribution in [0.1, 0.15) is 18.9 Å². The van der Waals surface area contributed by atoms with Gasteiger partial charge in [-0.15, -0.1) is 0 Å². The van der Waals surface area contributed by atoms with Gasteiger partial charge in [0.25, 0.3) is 0 Å². The molecule has 1 amide bonds. The lowest BCUT2D eigenvalue weighted by molar-refractivity contribution is -0.115. The quantitative estimate of drug-likeness (QED) is 0.824. The molecule has 2 N–H and O–H groups in total. The van der Waals surface area contributed by atoms with Crippen molar-refractivity contribution in [3.8, 4) is 6.07 Å². The molecule has 0 aliphatic rings. The SMILES string of the molecule is CC(CO)SCCC(=O)Nc1cccc(C#N)c1.